The highest BCUT2D eigenvalue weighted by molar-refractivity contribution is 7.16. The van der Waals surface area contributed by atoms with Gasteiger partial charge in [-0.3, -0.25) is 4.79 Å². The molecule has 2 aromatic heterocycles. The number of pyridine rings is 1. The first kappa shape index (κ1) is 23.1. The summed E-state index contributed by atoms with van der Waals surface area (Å²) in [5.74, 6) is -0.327. The Labute approximate surface area is 184 Å². The molecule has 2 heterocycles. The fourth-order valence-corrected chi connectivity index (χ4v) is 4.01. The first-order valence-electron chi connectivity index (χ1n) is 9.37. The molecule has 3 aromatic rings. The number of esters is 1. The molecule has 0 amide bonds. The van der Waals surface area contributed by atoms with Crippen LogP contribution in [0, 0.1) is 0 Å². The van der Waals surface area contributed by atoms with E-state index in [0.29, 0.717) is 35.0 Å². The van der Waals surface area contributed by atoms with Crippen molar-refractivity contribution in [3.05, 3.63) is 50.7 Å². The van der Waals surface area contributed by atoms with Crippen LogP contribution >= 0.6 is 22.9 Å². The topological polar surface area (TPSA) is 70.4 Å². The zero-order chi connectivity index (χ0) is 22.8. The van der Waals surface area contributed by atoms with Crippen molar-refractivity contribution < 1.29 is 27.4 Å². The molecular formula is C20H18ClF3N2O4S. The highest BCUT2D eigenvalue weighted by Gasteiger charge is 2.32. The van der Waals surface area contributed by atoms with Gasteiger partial charge in [0.05, 0.1) is 27.4 Å². The molecule has 1 aromatic carbocycles. The van der Waals surface area contributed by atoms with Crippen LogP contribution in [0.25, 0.3) is 16.0 Å². The van der Waals surface area contributed by atoms with Gasteiger partial charge in [-0.15, -0.1) is 0 Å². The number of alkyl halides is 3. The number of thiazole rings is 1. The van der Waals surface area contributed by atoms with Gasteiger partial charge in [0.2, 0.25) is 0 Å². The number of carbonyl (C=O) groups is 1. The standard InChI is InChI=1S/C20H18ClF3N2O4S/c1-3-5-15(18(27)29-4-2)30-12-6-7-16-14(9-12)26(19(28)31-16)17-13(21)8-11(10-25-17)20(22,23)24/h6-10,15H,3-5H2,1-2H3. The van der Waals surface area contributed by atoms with Crippen molar-refractivity contribution in [2.45, 2.75) is 39.0 Å². The fourth-order valence-electron chi connectivity index (χ4n) is 2.91. The number of rotatable bonds is 7. The normalized spacial score (nSPS) is 12.7. The van der Waals surface area contributed by atoms with Gasteiger partial charge in [0, 0.05) is 12.3 Å². The minimum absolute atomic E-state index is 0.126. The van der Waals surface area contributed by atoms with Gasteiger partial charge < -0.3 is 9.47 Å². The molecular weight excluding hydrogens is 457 g/mol. The number of fused-ring (bicyclic) bond motifs is 1. The number of carbonyl (C=O) groups excluding carboxylic acids is 1. The summed E-state index contributed by atoms with van der Waals surface area (Å²) in [4.78, 5) is 28.0. The van der Waals surface area contributed by atoms with Crippen LogP contribution in [0.4, 0.5) is 13.2 Å². The molecule has 3 rings (SSSR count). The fraction of sp³-hybridized carbons (Fsp3) is 0.350. The smallest absolute Gasteiger partial charge is 0.417 e. The lowest BCUT2D eigenvalue weighted by molar-refractivity contribution is -0.151. The monoisotopic (exact) mass is 474 g/mol. The molecule has 0 fully saturated rings. The van der Waals surface area contributed by atoms with Gasteiger partial charge in [-0.2, -0.15) is 13.2 Å². The number of nitrogens with zero attached hydrogens (tertiary/aromatic N) is 2. The quantitative estimate of drug-likeness (QED) is 0.438. The molecule has 0 saturated carbocycles. The van der Waals surface area contributed by atoms with Crippen LogP contribution in [0.2, 0.25) is 5.02 Å². The number of halogens is 4. The third kappa shape index (κ3) is 5.01. The Bertz CT molecular complexity index is 1160. The minimum Gasteiger partial charge on any atom is -0.479 e. The zero-order valence-electron chi connectivity index (χ0n) is 16.5. The van der Waals surface area contributed by atoms with Crippen LogP contribution < -0.4 is 9.61 Å². The maximum Gasteiger partial charge on any atom is 0.417 e. The van der Waals surface area contributed by atoms with E-state index in [-0.39, 0.29) is 17.4 Å². The van der Waals surface area contributed by atoms with E-state index in [4.69, 9.17) is 21.1 Å². The highest BCUT2D eigenvalue weighted by Crippen LogP contribution is 2.33. The van der Waals surface area contributed by atoms with E-state index in [2.05, 4.69) is 4.98 Å². The van der Waals surface area contributed by atoms with Crippen molar-refractivity contribution in [2.75, 3.05) is 6.61 Å². The van der Waals surface area contributed by atoms with Crippen molar-refractivity contribution in [1.29, 1.82) is 0 Å². The molecule has 1 atom stereocenters. The van der Waals surface area contributed by atoms with Crippen molar-refractivity contribution in [2.24, 2.45) is 0 Å². The van der Waals surface area contributed by atoms with E-state index in [1.54, 1.807) is 19.1 Å². The molecule has 11 heteroatoms. The van der Waals surface area contributed by atoms with Crippen molar-refractivity contribution in [1.82, 2.24) is 9.55 Å². The van der Waals surface area contributed by atoms with Crippen LogP contribution in [0.3, 0.4) is 0 Å². The Morgan fingerprint density at radius 1 is 1.29 bits per heavy atom. The third-order valence-corrected chi connectivity index (χ3v) is 5.49. The van der Waals surface area contributed by atoms with Gasteiger partial charge in [0.15, 0.2) is 11.9 Å². The lowest BCUT2D eigenvalue weighted by Crippen LogP contribution is -2.29. The molecule has 0 N–H and O–H groups in total. The van der Waals surface area contributed by atoms with Crippen LogP contribution in [0.5, 0.6) is 5.75 Å². The van der Waals surface area contributed by atoms with Crippen molar-refractivity contribution >= 4 is 39.1 Å². The second kappa shape index (κ2) is 9.27. The molecule has 0 aliphatic carbocycles. The number of benzene rings is 1. The van der Waals surface area contributed by atoms with Crippen LogP contribution in [-0.2, 0) is 15.7 Å². The first-order valence-corrected chi connectivity index (χ1v) is 10.6. The van der Waals surface area contributed by atoms with E-state index >= 15 is 0 Å². The molecule has 0 aliphatic rings. The van der Waals surface area contributed by atoms with E-state index in [9.17, 15) is 22.8 Å². The van der Waals surface area contributed by atoms with E-state index in [0.717, 1.165) is 22.0 Å². The molecule has 6 nitrogen and oxygen atoms in total. The Morgan fingerprint density at radius 3 is 2.65 bits per heavy atom. The van der Waals surface area contributed by atoms with Crippen LogP contribution in [0.15, 0.2) is 35.3 Å². The molecule has 0 saturated heterocycles. The number of ether oxygens (including phenoxy) is 2. The number of hydrogen-bond acceptors (Lipinski definition) is 6. The summed E-state index contributed by atoms with van der Waals surface area (Å²) in [6.07, 6.45) is -3.71. The predicted octanol–water partition coefficient (Wildman–Crippen LogP) is 5.23. The molecule has 0 aliphatic heterocycles. The van der Waals surface area contributed by atoms with Gasteiger partial charge in [-0.25, -0.2) is 14.3 Å². The second-order valence-corrected chi connectivity index (χ2v) is 7.91. The summed E-state index contributed by atoms with van der Waals surface area (Å²) in [6.45, 7) is 3.80. The molecule has 1 unspecified atom stereocenters. The maximum atomic E-state index is 12.9. The summed E-state index contributed by atoms with van der Waals surface area (Å²) in [5, 5.41) is -0.321. The lowest BCUT2D eigenvalue weighted by atomic mass is 10.2. The summed E-state index contributed by atoms with van der Waals surface area (Å²) in [6, 6.07) is 5.47. The maximum absolute atomic E-state index is 12.9. The molecule has 31 heavy (non-hydrogen) atoms. The summed E-state index contributed by atoms with van der Waals surface area (Å²) < 4.78 is 51.2. The molecule has 166 valence electrons. The van der Waals surface area contributed by atoms with Gasteiger partial charge in [0.1, 0.15) is 5.75 Å². The largest absolute Gasteiger partial charge is 0.479 e. The van der Waals surface area contributed by atoms with Crippen molar-refractivity contribution in [3.63, 3.8) is 0 Å². The summed E-state index contributed by atoms with van der Waals surface area (Å²) >= 11 is 6.91. The first-order chi connectivity index (χ1) is 14.7. The second-order valence-electron chi connectivity index (χ2n) is 6.51. The summed E-state index contributed by atoms with van der Waals surface area (Å²) in [5.41, 5.74) is -0.671. The Balaban J connectivity index is 2.04. The highest BCUT2D eigenvalue weighted by atomic mass is 35.5. The average molecular weight is 475 g/mol. The molecule has 0 radical (unpaired) electrons. The van der Waals surface area contributed by atoms with Crippen LogP contribution in [0.1, 0.15) is 32.3 Å². The van der Waals surface area contributed by atoms with Gasteiger partial charge in [-0.05, 0) is 31.5 Å². The third-order valence-electron chi connectivity index (χ3n) is 4.29. The van der Waals surface area contributed by atoms with E-state index < -0.39 is 28.7 Å². The SMILES string of the molecule is CCCC(Oc1ccc2sc(=O)n(-c3ncc(C(F)(F)F)cc3Cl)c2c1)C(=O)OCC. The molecule has 0 spiro atoms. The molecule has 0 bridgehead atoms. The van der Waals surface area contributed by atoms with E-state index in [1.165, 1.54) is 6.07 Å². The van der Waals surface area contributed by atoms with Gasteiger partial charge in [-0.1, -0.05) is 36.3 Å². The van der Waals surface area contributed by atoms with E-state index in [1.807, 2.05) is 6.92 Å². The van der Waals surface area contributed by atoms with Crippen LogP contribution in [-0.4, -0.2) is 28.2 Å². The van der Waals surface area contributed by atoms with Gasteiger partial charge >= 0.3 is 17.0 Å². The Hall–Kier alpha value is -2.59. The van der Waals surface area contributed by atoms with Crippen molar-refractivity contribution in [3.8, 4) is 11.6 Å². The number of aromatic nitrogens is 2. The minimum atomic E-state index is -4.61. The average Bonchev–Trinajstić information content (AvgIpc) is 3.02. The lowest BCUT2D eigenvalue weighted by Gasteiger charge is -2.17. The Kier molecular flexibility index (Phi) is 6.90. The zero-order valence-corrected chi connectivity index (χ0v) is 18.1. The van der Waals surface area contributed by atoms with Gasteiger partial charge in [0.25, 0.3) is 0 Å². The summed E-state index contributed by atoms with van der Waals surface area (Å²) in [7, 11) is 0. The predicted molar refractivity (Wildman–Crippen MR) is 111 cm³/mol. The Morgan fingerprint density at radius 2 is 2.03 bits per heavy atom. The number of hydrogen-bond donors (Lipinski definition) is 0.